The normalized spacial score (nSPS) is 19.5. The molecular formula is C18H24N3O5S+. The van der Waals surface area contributed by atoms with Gasteiger partial charge in [-0.2, -0.15) is 4.68 Å². The number of nitrogens with one attached hydrogen (secondary N) is 1. The second-order valence-corrected chi connectivity index (χ2v) is 6.80. The molecule has 1 fully saturated rings. The number of hydrogen-bond donors (Lipinski definition) is 1. The van der Waals surface area contributed by atoms with Crippen molar-refractivity contribution in [2.75, 3.05) is 34.4 Å². The molecule has 2 aromatic rings. The molecule has 0 atom stereocenters. The number of benzene rings is 1. The first-order valence-corrected chi connectivity index (χ1v) is 9.18. The van der Waals surface area contributed by atoms with Crippen molar-refractivity contribution in [2.45, 2.75) is 19.5 Å². The highest BCUT2D eigenvalue weighted by Crippen LogP contribution is 2.31. The summed E-state index contributed by atoms with van der Waals surface area (Å²) in [5.74, 6) is 1.54. The number of carbonyl (C=O) groups excluding carboxylic acids is 1. The summed E-state index contributed by atoms with van der Waals surface area (Å²) in [6.45, 7) is 2.32. The molecule has 2 heterocycles. The first kappa shape index (κ1) is 19.4. The number of methoxy groups -OCH3 is 3. The summed E-state index contributed by atoms with van der Waals surface area (Å²) in [6.07, 6.45) is 1.60. The number of likely N-dealkylation sites (tertiary alicyclic amines) is 1. The van der Waals surface area contributed by atoms with E-state index in [1.165, 1.54) is 12.0 Å². The van der Waals surface area contributed by atoms with E-state index < -0.39 is 0 Å². The summed E-state index contributed by atoms with van der Waals surface area (Å²) in [5.41, 5.74) is 0.761. The molecule has 0 saturated carbocycles. The smallest absolute Gasteiger partial charge is 0.309 e. The van der Waals surface area contributed by atoms with Gasteiger partial charge in [-0.05, 0) is 30.4 Å². The number of carbonyl (C=O) groups is 1. The molecule has 9 heteroatoms. The Bertz CT molecular complexity index is 855. The van der Waals surface area contributed by atoms with E-state index in [9.17, 15) is 4.79 Å². The average molecular weight is 394 g/mol. The van der Waals surface area contributed by atoms with E-state index in [0.29, 0.717) is 28.9 Å². The predicted molar refractivity (Wildman–Crippen MR) is 99.3 cm³/mol. The maximum atomic E-state index is 11.6. The number of quaternary nitrogens is 1. The molecule has 3 rings (SSSR count). The number of piperidine rings is 1. The Morgan fingerprint density at radius 3 is 2.59 bits per heavy atom. The van der Waals surface area contributed by atoms with Crippen molar-refractivity contribution in [1.29, 1.82) is 0 Å². The van der Waals surface area contributed by atoms with Crippen molar-refractivity contribution in [2.24, 2.45) is 5.92 Å². The van der Waals surface area contributed by atoms with Gasteiger partial charge >= 0.3 is 5.97 Å². The first-order chi connectivity index (χ1) is 13.0. The fraction of sp³-hybridized carbons (Fsp3) is 0.500. The summed E-state index contributed by atoms with van der Waals surface area (Å²) in [4.78, 5) is 13.3. The highest BCUT2D eigenvalue weighted by molar-refractivity contribution is 7.71. The van der Waals surface area contributed by atoms with Crippen LogP contribution in [0.2, 0.25) is 0 Å². The van der Waals surface area contributed by atoms with Gasteiger partial charge in [0.2, 0.25) is 5.89 Å². The van der Waals surface area contributed by atoms with Gasteiger partial charge in [-0.25, -0.2) is 0 Å². The fourth-order valence-corrected chi connectivity index (χ4v) is 3.47. The molecule has 27 heavy (non-hydrogen) atoms. The lowest BCUT2D eigenvalue weighted by Crippen LogP contribution is -3.12. The zero-order chi connectivity index (χ0) is 19.4. The van der Waals surface area contributed by atoms with E-state index in [1.54, 1.807) is 31.0 Å². The molecule has 1 aromatic carbocycles. The summed E-state index contributed by atoms with van der Waals surface area (Å²) in [7, 11) is 4.60. The van der Waals surface area contributed by atoms with Crippen LogP contribution in [0.1, 0.15) is 12.8 Å². The van der Waals surface area contributed by atoms with Gasteiger partial charge in [0.25, 0.3) is 4.84 Å². The SMILES string of the molecule is COC(=O)C1CC[NH+](Cn2nc(-c3ccc(OC)c(OC)c3)oc2=S)CC1. The number of hydrogen-bond acceptors (Lipinski definition) is 7. The number of nitrogens with zero attached hydrogens (tertiary/aromatic N) is 2. The van der Waals surface area contributed by atoms with Crippen LogP contribution in [0.3, 0.4) is 0 Å². The quantitative estimate of drug-likeness (QED) is 0.585. The maximum absolute atomic E-state index is 11.6. The summed E-state index contributed by atoms with van der Waals surface area (Å²) in [6, 6.07) is 5.45. The highest BCUT2D eigenvalue weighted by Gasteiger charge is 2.28. The molecule has 1 aliphatic heterocycles. The highest BCUT2D eigenvalue weighted by atomic mass is 32.1. The molecule has 0 unspecified atom stereocenters. The third kappa shape index (κ3) is 4.30. The number of ether oxygens (including phenoxy) is 3. The lowest BCUT2D eigenvalue weighted by molar-refractivity contribution is -0.929. The molecule has 0 aliphatic carbocycles. The van der Waals surface area contributed by atoms with E-state index >= 15 is 0 Å². The van der Waals surface area contributed by atoms with Gasteiger partial charge in [-0.1, -0.05) is 0 Å². The van der Waals surface area contributed by atoms with Gasteiger partial charge in [-0.15, -0.1) is 5.10 Å². The van der Waals surface area contributed by atoms with Crippen LogP contribution >= 0.6 is 12.2 Å². The van der Waals surface area contributed by atoms with Crippen molar-refractivity contribution in [3.05, 3.63) is 23.0 Å². The first-order valence-electron chi connectivity index (χ1n) is 8.77. The topological polar surface area (TPSA) is 80.2 Å². The van der Waals surface area contributed by atoms with E-state index in [4.69, 9.17) is 30.8 Å². The Balaban J connectivity index is 1.71. The van der Waals surface area contributed by atoms with E-state index in [0.717, 1.165) is 31.5 Å². The van der Waals surface area contributed by atoms with Crippen LogP contribution in [-0.2, 0) is 16.2 Å². The number of esters is 1. The standard InChI is InChI=1S/C18H23N3O5S/c1-23-14-5-4-13(10-15(14)24-2)16-19-21(18(27)26-16)11-20-8-6-12(7-9-20)17(22)25-3/h4-5,10,12H,6-9,11H2,1-3H3/p+1. The van der Waals surface area contributed by atoms with Crippen molar-refractivity contribution in [3.8, 4) is 23.0 Å². The molecule has 1 saturated heterocycles. The van der Waals surface area contributed by atoms with Gasteiger partial charge in [0.1, 0.15) is 0 Å². The Morgan fingerprint density at radius 2 is 1.96 bits per heavy atom. The van der Waals surface area contributed by atoms with Gasteiger partial charge in [0, 0.05) is 18.4 Å². The minimum absolute atomic E-state index is 0.00800. The number of rotatable bonds is 6. The minimum Gasteiger partial charge on any atom is -0.493 e. The molecule has 0 spiro atoms. The molecule has 1 N–H and O–H groups in total. The fourth-order valence-electron chi connectivity index (χ4n) is 3.29. The van der Waals surface area contributed by atoms with Crippen LogP contribution in [0.4, 0.5) is 0 Å². The molecular weight excluding hydrogens is 370 g/mol. The van der Waals surface area contributed by atoms with Crippen LogP contribution in [0.5, 0.6) is 11.5 Å². The number of aromatic nitrogens is 2. The van der Waals surface area contributed by atoms with Crippen LogP contribution in [0.25, 0.3) is 11.5 Å². The van der Waals surface area contributed by atoms with Gasteiger partial charge in [0.15, 0.2) is 18.2 Å². The molecule has 146 valence electrons. The molecule has 0 bridgehead atoms. The molecule has 8 nitrogen and oxygen atoms in total. The minimum atomic E-state index is -0.122. The largest absolute Gasteiger partial charge is 0.493 e. The summed E-state index contributed by atoms with van der Waals surface area (Å²) in [5, 5.41) is 4.51. The lowest BCUT2D eigenvalue weighted by Gasteiger charge is -2.27. The maximum Gasteiger partial charge on any atom is 0.309 e. The van der Waals surface area contributed by atoms with E-state index in [2.05, 4.69) is 5.10 Å². The van der Waals surface area contributed by atoms with Crippen molar-refractivity contribution < 1.29 is 28.3 Å². The zero-order valence-electron chi connectivity index (χ0n) is 15.7. The average Bonchev–Trinajstić information content (AvgIpc) is 3.07. The van der Waals surface area contributed by atoms with Gasteiger partial charge in [0.05, 0.1) is 40.3 Å². The monoisotopic (exact) mass is 394 g/mol. The van der Waals surface area contributed by atoms with E-state index in [-0.39, 0.29) is 11.9 Å². The Morgan fingerprint density at radius 1 is 1.26 bits per heavy atom. The Kier molecular flexibility index (Phi) is 6.12. The second kappa shape index (κ2) is 8.53. The van der Waals surface area contributed by atoms with Crippen LogP contribution < -0.4 is 14.4 Å². The van der Waals surface area contributed by atoms with Gasteiger partial charge in [-0.3, -0.25) is 4.79 Å². The third-order valence-electron chi connectivity index (χ3n) is 4.84. The Hall–Kier alpha value is -2.39. The predicted octanol–water partition coefficient (Wildman–Crippen LogP) is 1.32. The van der Waals surface area contributed by atoms with Crippen LogP contribution in [0, 0.1) is 10.8 Å². The summed E-state index contributed by atoms with van der Waals surface area (Å²) >= 11 is 5.33. The zero-order valence-corrected chi connectivity index (χ0v) is 16.5. The van der Waals surface area contributed by atoms with Crippen molar-refractivity contribution >= 4 is 18.2 Å². The van der Waals surface area contributed by atoms with Crippen molar-refractivity contribution in [1.82, 2.24) is 9.78 Å². The van der Waals surface area contributed by atoms with Crippen LogP contribution in [-0.4, -0.2) is 50.2 Å². The Labute approximate surface area is 162 Å². The van der Waals surface area contributed by atoms with Crippen LogP contribution in [0.15, 0.2) is 22.6 Å². The van der Waals surface area contributed by atoms with Gasteiger partial charge < -0.3 is 23.5 Å². The molecule has 0 radical (unpaired) electrons. The van der Waals surface area contributed by atoms with E-state index in [1.807, 2.05) is 6.07 Å². The third-order valence-corrected chi connectivity index (χ3v) is 5.13. The summed E-state index contributed by atoms with van der Waals surface area (Å²) < 4.78 is 22.8. The second-order valence-electron chi connectivity index (χ2n) is 6.45. The lowest BCUT2D eigenvalue weighted by atomic mass is 9.97. The molecule has 1 aromatic heterocycles. The molecule has 1 aliphatic rings. The molecule has 0 amide bonds. The van der Waals surface area contributed by atoms with Crippen molar-refractivity contribution in [3.63, 3.8) is 0 Å².